The van der Waals surface area contributed by atoms with Crippen molar-refractivity contribution in [3.63, 3.8) is 0 Å². The van der Waals surface area contributed by atoms with Crippen LogP contribution < -0.4 is 0 Å². The molecule has 0 N–H and O–H groups in total. The molecule has 1 fully saturated rings. The predicted octanol–water partition coefficient (Wildman–Crippen LogP) is 6.60. The predicted molar refractivity (Wildman–Crippen MR) is 115 cm³/mol. The van der Waals surface area contributed by atoms with E-state index in [1.807, 2.05) is 30.3 Å². The summed E-state index contributed by atoms with van der Waals surface area (Å²) < 4.78 is 6.78. The quantitative estimate of drug-likeness (QED) is 0.400. The number of imide groups is 1. The van der Waals surface area contributed by atoms with Gasteiger partial charge in [-0.05, 0) is 53.7 Å². The normalized spacial score (nSPS) is 15.6. The van der Waals surface area contributed by atoms with Crippen LogP contribution in [0.4, 0.5) is 4.79 Å². The highest BCUT2D eigenvalue weighted by molar-refractivity contribution is 9.10. The van der Waals surface area contributed by atoms with Crippen LogP contribution in [0.5, 0.6) is 0 Å². The molecule has 3 aromatic rings. The van der Waals surface area contributed by atoms with Gasteiger partial charge in [0.2, 0.25) is 0 Å². The van der Waals surface area contributed by atoms with Crippen molar-refractivity contribution in [1.82, 2.24) is 4.90 Å². The number of amides is 2. The topological polar surface area (TPSA) is 50.5 Å². The number of furan rings is 1. The summed E-state index contributed by atoms with van der Waals surface area (Å²) >= 11 is 10.2. The van der Waals surface area contributed by atoms with Gasteiger partial charge in [-0.1, -0.05) is 51.8 Å². The van der Waals surface area contributed by atoms with Gasteiger partial charge in [0.25, 0.3) is 11.1 Å². The number of halogens is 2. The van der Waals surface area contributed by atoms with E-state index in [0.717, 1.165) is 27.4 Å². The number of carbonyl (C=O) groups is 2. The lowest BCUT2D eigenvalue weighted by molar-refractivity contribution is -0.123. The molecule has 2 amide bonds. The van der Waals surface area contributed by atoms with Crippen molar-refractivity contribution in [3.05, 3.63) is 86.4 Å². The number of hydrogen-bond acceptors (Lipinski definition) is 4. The minimum absolute atomic E-state index is 0.209. The number of benzene rings is 2. The van der Waals surface area contributed by atoms with Gasteiger partial charge in [-0.2, -0.15) is 0 Å². The van der Waals surface area contributed by atoms with Crippen LogP contribution in [0.15, 0.2) is 74.5 Å². The number of rotatable bonds is 4. The van der Waals surface area contributed by atoms with Gasteiger partial charge < -0.3 is 4.42 Å². The molecule has 2 heterocycles. The Morgan fingerprint density at radius 2 is 1.86 bits per heavy atom. The zero-order valence-corrected chi connectivity index (χ0v) is 17.6. The third kappa shape index (κ3) is 4.09. The van der Waals surface area contributed by atoms with E-state index >= 15 is 0 Å². The maximum Gasteiger partial charge on any atom is 0.293 e. The van der Waals surface area contributed by atoms with E-state index in [9.17, 15) is 9.59 Å². The Morgan fingerprint density at radius 3 is 2.61 bits per heavy atom. The van der Waals surface area contributed by atoms with E-state index in [0.29, 0.717) is 21.4 Å². The summed E-state index contributed by atoms with van der Waals surface area (Å²) in [6.45, 7) is 0.209. The molecular formula is C21H13BrClNO3S. The molecule has 0 bridgehead atoms. The lowest BCUT2D eigenvalue weighted by Gasteiger charge is -2.12. The average molecular weight is 475 g/mol. The van der Waals surface area contributed by atoms with Crippen LogP contribution in [0.2, 0.25) is 5.02 Å². The minimum atomic E-state index is -0.328. The Balaban J connectivity index is 1.53. The maximum atomic E-state index is 12.7. The molecule has 0 unspecified atom stereocenters. The first-order valence-corrected chi connectivity index (χ1v) is 10.3. The van der Waals surface area contributed by atoms with E-state index in [4.69, 9.17) is 16.0 Å². The van der Waals surface area contributed by atoms with Gasteiger partial charge in [0.15, 0.2) is 0 Å². The molecule has 0 saturated carbocycles. The molecule has 0 atom stereocenters. The molecule has 4 nitrogen and oxygen atoms in total. The van der Waals surface area contributed by atoms with Gasteiger partial charge in [-0.15, -0.1) is 0 Å². The molecule has 0 aliphatic carbocycles. The summed E-state index contributed by atoms with van der Waals surface area (Å²) in [6.07, 6.45) is 1.61. The molecule has 0 radical (unpaired) electrons. The molecule has 2 aromatic carbocycles. The Bertz CT molecular complexity index is 1090. The summed E-state index contributed by atoms with van der Waals surface area (Å²) in [5, 5.41) is 0.307. The van der Waals surface area contributed by atoms with Gasteiger partial charge in [-0.3, -0.25) is 14.5 Å². The smallest absolute Gasteiger partial charge is 0.293 e. The zero-order valence-electron chi connectivity index (χ0n) is 14.4. The van der Waals surface area contributed by atoms with Gasteiger partial charge in [0.05, 0.1) is 11.4 Å². The zero-order chi connectivity index (χ0) is 19.7. The number of carbonyl (C=O) groups excluding carboxylic acids is 2. The molecule has 4 rings (SSSR count). The highest BCUT2D eigenvalue weighted by Gasteiger charge is 2.35. The van der Waals surface area contributed by atoms with Crippen molar-refractivity contribution in [2.75, 3.05) is 0 Å². The number of hydrogen-bond donors (Lipinski definition) is 0. The standard InChI is InChI=1S/C21H13BrClNO3S/c22-15-3-1-2-14(10-15)18-9-8-17(27-18)11-19-20(25)24(21(26)28-19)12-13-4-6-16(23)7-5-13/h1-11H,12H2/b19-11+. The molecule has 1 saturated heterocycles. The Kier molecular flexibility index (Phi) is 5.44. The van der Waals surface area contributed by atoms with Crippen molar-refractivity contribution < 1.29 is 14.0 Å². The molecule has 1 aromatic heterocycles. The molecule has 28 heavy (non-hydrogen) atoms. The molecule has 140 valence electrons. The lowest BCUT2D eigenvalue weighted by atomic mass is 10.2. The minimum Gasteiger partial charge on any atom is -0.457 e. The fraction of sp³-hybridized carbons (Fsp3) is 0.0476. The van der Waals surface area contributed by atoms with Crippen LogP contribution in [0, 0.1) is 0 Å². The highest BCUT2D eigenvalue weighted by Crippen LogP contribution is 2.34. The monoisotopic (exact) mass is 473 g/mol. The van der Waals surface area contributed by atoms with E-state index in [2.05, 4.69) is 15.9 Å². The van der Waals surface area contributed by atoms with E-state index < -0.39 is 0 Å². The van der Waals surface area contributed by atoms with E-state index in [1.54, 1.807) is 36.4 Å². The van der Waals surface area contributed by atoms with Gasteiger partial charge >= 0.3 is 0 Å². The summed E-state index contributed by atoms with van der Waals surface area (Å²) in [7, 11) is 0. The van der Waals surface area contributed by atoms with Crippen LogP contribution in [0.3, 0.4) is 0 Å². The molecular weight excluding hydrogens is 462 g/mol. The summed E-state index contributed by atoms with van der Waals surface area (Å²) in [5.74, 6) is 0.880. The second-order valence-corrected chi connectivity index (χ2v) is 8.45. The molecule has 0 spiro atoms. The van der Waals surface area contributed by atoms with Crippen LogP contribution in [-0.4, -0.2) is 16.0 Å². The summed E-state index contributed by atoms with van der Waals surface area (Å²) in [5.41, 5.74) is 1.76. The summed E-state index contributed by atoms with van der Waals surface area (Å²) in [4.78, 5) is 26.5. The van der Waals surface area contributed by atoms with Gasteiger partial charge in [-0.25, -0.2) is 0 Å². The van der Waals surface area contributed by atoms with Gasteiger partial charge in [0.1, 0.15) is 11.5 Å². The van der Waals surface area contributed by atoms with E-state index in [-0.39, 0.29) is 17.7 Å². The fourth-order valence-corrected chi connectivity index (χ4v) is 4.11. The lowest BCUT2D eigenvalue weighted by Crippen LogP contribution is -2.27. The Labute approximate surface area is 179 Å². The Hall–Kier alpha value is -2.28. The largest absolute Gasteiger partial charge is 0.457 e. The first-order chi connectivity index (χ1) is 13.5. The molecule has 1 aliphatic rings. The first kappa shape index (κ1) is 19.1. The van der Waals surface area contributed by atoms with Gasteiger partial charge in [0, 0.05) is 21.1 Å². The SMILES string of the molecule is O=C1S/C(=C/c2ccc(-c3cccc(Br)c3)o2)C(=O)N1Cc1ccc(Cl)cc1. The Morgan fingerprint density at radius 1 is 1.07 bits per heavy atom. The van der Waals surface area contributed by atoms with Crippen LogP contribution in [0.25, 0.3) is 17.4 Å². The first-order valence-electron chi connectivity index (χ1n) is 8.35. The summed E-state index contributed by atoms with van der Waals surface area (Å²) in [6, 6.07) is 18.4. The van der Waals surface area contributed by atoms with Crippen molar-refractivity contribution in [2.45, 2.75) is 6.54 Å². The van der Waals surface area contributed by atoms with Crippen molar-refractivity contribution in [1.29, 1.82) is 0 Å². The second kappa shape index (κ2) is 7.99. The third-order valence-electron chi connectivity index (χ3n) is 4.14. The molecule has 1 aliphatic heterocycles. The highest BCUT2D eigenvalue weighted by atomic mass is 79.9. The van der Waals surface area contributed by atoms with Crippen LogP contribution in [0.1, 0.15) is 11.3 Å². The average Bonchev–Trinajstić information content (AvgIpc) is 3.24. The number of nitrogens with zero attached hydrogens (tertiary/aromatic N) is 1. The van der Waals surface area contributed by atoms with E-state index in [1.165, 1.54) is 4.90 Å². The van der Waals surface area contributed by atoms with Crippen molar-refractivity contribution >= 4 is 56.5 Å². The molecule has 7 heteroatoms. The fourth-order valence-electron chi connectivity index (χ4n) is 2.77. The van der Waals surface area contributed by atoms with Crippen LogP contribution in [-0.2, 0) is 11.3 Å². The third-order valence-corrected chi connectivity index (χ3v) is 5.79. The maximum absolute atomic E-state index is 12.7. The number of thioether (sulfide) groups is 1. The van der Waals surface area contributed by atoms with Crippen LogP contribution >= 0.6 is 39.3 Å². The van der Waals surface area contributed by atoms with Crippen molar-refractivity contribution in [2.24, 2.45) is 0 Å². The second-order valence-electron chi connectivity index (χ2n) is 6.11. The van der Waals surface area contributed by atoms with Crippen molar-refractivity contribution in [3.8, 4) is 11.3 Å².